The second kappa shape index (κ2) is 4.82. The van der Waals surface area contributed by atoms with Crippen LogP contribution in [0.5, 0.6) is 0 Å². The number of aliphatic hydroxyl groups excluding tert-OH is 1. The van der Waals surface area contributed by atoms with Crippen molar-refractivity contribution in [1.82, 2.24) is 5.32 Å². The Labute approximate surface area is 94.5 Å². The molecular formula is C13H13NO2. The molecule has 0 spiro atoms. The number of nitrogens with one attached hydrogen (secondary N) is 1. The number of amides is 1. The molecule has 2 N–H and O–H groups in total. The molecule has 1 aromatic rings. The molecule has 0 fully saturated rings. The summed E-state index contributed by atoms with van der Waals surface area (Å²) >= 11 is 0. The van der Waals surface area contributed by atoms with Crippen molar-refractivity contribution >= 4 is 5.91 Å². The highest BCUT2D eigenvalue weighted by Gasteiger charge is 2.17. The summed E-state index contributed by atoms with van der Waals surface area (Å²) in [5, 5.41) is 11.4. The van der Waals surface area contributed by atoms with Gasteiger partial charge >= 0.3 is 0 Å². The summed E-state index contributed by atoms with van der Waals surface area (Å²) in [5.74, 6) is 5.94. The van der Waals surface area contributed by atoms with Crippen LogP contribution in [0.4, 0.5) is 0 Å². The summed E-state index contributed by atoms with van der Waals surface area (Å²) < 4.78 is 0. The van der Waals surface area contributed by atoms with Crippen molar-refractivity contribution < 1.29 is 9.90 Å². The number of carbonyl (C=O) groups excluding carboxylic acids is 1. The van der Waals surface area contributed by atoms with Gasteiger partial charge < -0.3 is 10.4 Å². The highest BCUT2D eigenvalue weighted by atomic mass is 16.2. The second-order valence-corrected chi connectivity index (χ2v) is 3.68. The van der Waals surface area contributed by atoms with Gasteiger partial charge in [-0.05, 0) is 24.1 Å². The van der Waals surface area contributed by atoms with Crippen molar-refractivity contribution in [3.05, 3.63) is 34.9 Å². The minimum Gasteiger partial charge on any atom is -0.396 e. The average Bonchev–Trinajstić information content (AvgIpc) is 2.67. The lowest BCUT2D eigenvalue weighted by Gasteiger charge is -1.95. The predicted molar refractivity (Wildman–Crippen MR) is 60.8 cm³/mol. The van der Waals surface area contributed by atoms with Crippen molar-refractivity contribution in [3.8, 4) is 11.8 Å². The highest BCUT2D eigenvalue weighted by Crippen LogP contribution is 2.16. The molecule has 0 radical (unpaired) electrons. The second-order valence-electron chi connectivity index (χ2n) is 3.68. The van der Waals surface area contributed by atoms with E-state index in [9.17, 15) is 4.79 Å². The van der Waals surface area contributed by atoms with E-state index in [0.29, 0.717) is 19.4 Å². The van der Waals surface area contributed by atoms with Crippen LogP contribution in [0.15, 0.2) is 18.2 Å². The highest BCUT2D eigenvalue weighted by molar-refractivity contribution is 5.98. The van der Waals surface area contributed by atoms with Crippen LogP contribution in [0.25, 0.3) is 0 Å². The average molecular weight is 215 g/mol. The fourth-order valence-corrected chi connectivity index (χ4v) is 1.62. The molecular weight excluding hydrogens is 202 g/mol. The summed E-state index contributed by atoms with van der Waals surface area (Å²) in [6, 6.07) is 5.68. The number of unbranched alkanes of at least 4 members (excludes halogenated alkanes) is 1. The third-order valence-electron chi connectivity index (χ3n) is 2.49. The van der Waals surface area contributed by atoms with Crippen LogP contribution in [-0.4, -0.2) is 17.6 Å². The summed E-state index contributed by atoms with van der Waals surface area (Å²) in [5.41, 5.74) is 2.62. The van der Waals surface area contributed by atoms with Crippen molar-refractivity contribution in [2.75, 3.05) is 6.61 Å². The smallest absolute Gasteiger partial charge is 0.251 e. The Morgan fingerprint density at radius 2 is 2.31 bits per heavy atom. The molecule has 1 amide bonds. The van der Waals surface area contributed by atoms with E-state index in [1.54, 1.807) is 0 Å². The van der Waals surface area contributed by atoms with Gasteiger partial charge in [-0.25, -0.2) is 0 Å². The lowest BCUT2D eigenvalue weighted by Crippen LogP contribution is -2.12. The first-order valence-electron chi connectivity index (χ1n) is 5.32. The number of rotatable bonds is 2. The Morgan fingerprint density at radius 3 is 3.12 bits per heavy atom. The minimum absolute atomic E-state index is 0.0194. The molecule has 3 heteroatoms. The third kappa shape index (κ3) is 2.23. The number of aliphatic hydroxyl groups is 1. The molecule has 0 unspecified atom stereocenters. The van der Waals surface area contributed by atoms with E-state index >= 15 is 0 Å². The maximum absolute atomic E-state index is 11.4. The van der Waals surface area contributed by atoms with Gasteiger partial charge in [0.2, 0.25) is 0 Å². The van der Waals surface area contributed by atoms with Gasteiger partial charge in [0.25, 0.3) is 5.91 Å². The number of fused-ring (bicyclic) bond motifs is 1. The zero-order valence-corrected chi connectivity index (χ0v) is 8.92. The van der Waals surface area contributed by atoms with Gasteiger partial charge in [-0.15, -0.1) is 0 Å². The lowest BCUT2D eigenvalue weighted by atomic mass is 10.1. The van der Waals surface area contributed by atoms with Crippen LogP contribution in [-0.2, 0) is 6.54 Å². The van der Waals surface area contributed by atoms with Gasteiger partial charge in [-0.2, -0.15) is 0 Å². The molecule has 1 aliphatic heterocycles. The predicted octanol–water partition coefficient (Wildman–Crippen LogP) is 1.05. The molecule has 2 rings (SSSR count). The Morgan fingerprint density at radius 1 is 1.44 bits per heavy atom. The fraction of sp³-hybridized carbons (Fsp3) is 0.308. The summed E-state index contributed by atoms with van der Waals surface area (Å²) in [4.78, 5) is 11.4. The van der Waals surface area contributed by atoms with Crippen LogP contribution in [0, 0.1) is 11.8 Å². The maximum atomic E-state index is 11.4. The first-order valence-corrected chi connectivity index (χ1v) is 5.32. The van der Waals surface area contributed by atoms with E-state index in [2.05, 4.69) is 17.2 Å². The van der Waals surface area contributed by atoms with Gasteiger partial charge in [0.05, 0.1) is 0 Å². The van der Waals surface area contributed by atoms with Gasteiger partial charge in [0, 0.05) is 30.7 Å². The van der Waals surface area contributed by atoms with E-state index in [1.807, 2.05) is 18.2 Å². The number of hydrogen-bond acceptors (Lipinski definition) is 2. The lowest BCUT2D eigenvalue weighted by molar-refractivity contribution is 0.0965. The summed E-state index contributed by atoms with van der Waals surface area (Å²) in [6.07, 6.45) is 1.37. The first kappa shape index (κ1) is 10.7. The zero-order chi connectivity index (χ0) is 11.4. The molecule has 1 heterocycles. The molecule has 82 valence electrons. The molecule has 16 heavy (non-hydrogen) atoms. The monoisotopic (exact) mass is 215 g/mol. The first-order chi connectivity index (χ1) is 7.81. The van der Waals surface area contributed by atoms with Crippen LogP contribution in [0.1, 0.15) is 34.3 Å². The van der Waals surface area contributed by atoms with E-state index in [0.717, 1.165) is 16.7 Å². The molecule has 0 saturated heterocycles. The zero-order valence-electron chi connectivity index (χ0n) is 8.92. The number of carbonyl (C=O) groups is 1. The molecule has 0 atom stereocenters. The van der Waals surface area contributed by atoms with Gasteiger partial charge in [0.1, 0.15) is 0 Å². The SMILES string of the molecule is O=C1NCc2ccc(C#CCCCO)cc21. The Hall–Kier alpha value is -1.79. The number of benzene rings is 1. The molecule has 0 saturated carbocycles. The molecule has 1 aromatic carbocycles. The van der Waals surface area contributed by atoms with Gasteiger partial charge in [-0.3, -0.25) is 4.79 Å². The number of hydrogen-bond donors (Lipinski definition) is 2. The molecule has 0 aliphatic carbocycles. The van der Waals surface area contributed by atoms with Crippen molar-refractivity contribution in [3.63, 3.8) is 0 Å². The topological polar surface area (TPSA) is 49.3 Å². The Kier molecular flexibility index (Phi) is 3.23. The Balaban J connectivity index is 2.14. The summed E-state index contributed by atoms with van der Waals surface area (Å²) in [6.45, 7) is 0.785. The molecule has 3 nitrogen and oxygen atoms in total. The Bertz CT molecular complexity index is 469. The van der Waals surface area contributed by atoms with Crippen molar-refractivity contribution in [1.29, 1.82) is 0 Å². The van der Waals surface area contributed by atoms with Crippen LogP contribution >= 0.6 is 0 Å². The molecule has 1 aliphatic rings. The molecule has 0 bridgehead atoms. The summed E-state index contributed by atoms with van der Waals surface area (Å²) in [7, 11) is 0. The van der Waals surface area contributed by atoms with E-state index < -0.39 is 0 Å². The van der Waals surface area contributed by atoms with E-state index in [1.165, 1.54) is 0 Å². The standard InChI is InChI=1S/C13H13NO2/c15-7-3-1-2-4-10-5-6-11-9-14-13(16)12(11)8-10/h5-6,8,15H,1,3,7,9H2,(H,14,16). The fourth-order valence-electron chi connectivity index (χ4n) is 1.62. The quantitative estimate of drug-likeness (QED) is 0.572. The van der Waals surface area contributed by atoms with Crippen molar-refractivity contribution in [2.24, 2.45) is 0 Å². The van der Waals surface area contributed by atoms with Crippen LogP contribution in [0.2, 0.25) is 0 Å². The normalized spacial score (nSPS) is 12.7. The van der Waals surface area contributed by atoms with Crippen LogP contribution in [0.3, 0.4) is 0 Å². The van der Waals surface area contributed by atoms with Crippen LogP contribution < -0.4 is 5.32 Å². The molecule has 0 aromatic heterocycles. The van der Waals surface area contributed by atoms with E-state index in [4.69, 9.17) is 5.11 Å². The third-order valence-corrected chi connectivity index (χ3v) is 2.49. The maximum Gasteiger partial charge on any atom is 0.251 e. The largest absolute Gasteiger partial charge is 0.396 e. The van der Waals surface area contributed by atoms with E-state index in [-0.39, 0.29) is 12.5 Å². The minimum atomic E-state index is -0.0194. The van der Waals surface area contributed by atoms with Gasteiger partial charge in [0.15, 0.2) is 0 Å². The van der Waals surface area contributed by atoms with Gasteiger partial charge in [-0.1, -0.05) is 17.9 Å². The van der Waals surface area contributed by atoms with Crippen molar-refractivity contribution in [2.45, 2.75) is 19.4 Å².